The SMILES string of the molecule is COc1ccc(CC2CCN(C(=O)CCNc3ncccn3)CC2)cc1. The first kappa shape index (κ1) is 18.2. The number of amides is 1. The fourth-order valence-electron chi connectivity index (χ4n) is 3.31. The number of anilines is 1. The molecule has 1 aromatic heterocycles. The van der Waals surface area contributed by atoms with Gasteiger partial charge in [0.15, 0.2) is 0 Å². The summed E-state index contributed by atoms with van der Waals surface area (Å²) in [5.74, 6) is 2.31. The van der Waals surface area contributed by atoms with Crippen LogP contribution < -0.4 is 10.1 Å². The first-order chi connectivity index (χ1) is 12.7. The zero-order valence-electron chi connectivity index (χ0n) is 15.2. The van der Waals surface area contributed by atoms with Gasteiger partial charge in [0.2, 0.25) is 11.9 Å². The Labute approximate surface area is 154 Å². The molecule has 1 aliphatic rings. The molecule has 1 fully saturated rings. The van der Waals surface area contributed by atoms with Crippen LogP contribution in [-0.4, -0.2) is 47.5 Å². The normalized spacial score (nSPS) is 14.9. The lowest BCUT2D eigenvalue weighted by molar-refractivity contribution is -0.132. The van der Waals surface area contributed by atoms with Crippen LogP contribution in [0.4, 0.5) is 5.95 Å². The van der Waals surface area contributed by atoms with E-state index < -0.39 is 0 Å². The molecule has 1 saturated heterocycles. The number of carbonyl (C=O) groups excluding carboxylic acids is 1. The predicted octanol–water partition coefficient (Wildman–Crippen LogP) is 2.77. The Morgan fingerprint density at radius 3 is 2.54 bits per heavy atom. The summed E-state index contributed by atoms with van der Waals surface area (Å²) in [6.07, 6.45) is 7.04. The number of hydrogen-bond donors (Lipinski definition) is 1. The van der Waals surface area contributed by atoms with E-state index in [4.69, 9.17) is 4.74 Å². The van der Waals surface area contributed by atoms with Crippen LogP contribution in [0.25, 0.3) is 0 Å². The van der Waals surface area contributed by atoms with Crippen molar-refractivity contribution in [3.05, 3.63) is 48.3 Å². The van der Waals surface area contributed by atoms with E-state index >= 15 is 0 Å². The van der Waals surface area contributed by atoms with Crippen molar-refractivity contribution in [2.75, 3.05) is 32.1 Å². The summed E-state index contributed by atoms with van der Waals surface area (Å²) in [6, 6.07) is 10.1. The molecule has 1 N–H and O–H groups in total. The van der Waals surface area contributed by atoms with Gasteiger partial charge in [-0.1, -0.05) is 12.1 Å². The summed E-state index contributed by atoms with van der Waals surface area (Å²) in [5, 5.41) is 3.09. The summed E-state index contributed by atoms with van der Waals surface area (Å²) in [7, 11) is 1.68. The molecule has 6 nitrogen and oxygen atoms in total. The lowest BCUT2D eigenvalue weighted by atomic mass is 9.90. The van der Waals surface area contributed by atoms with Crippen molar-refractivity contribution in [2.24, 2.45) is 5.92 Å². The van der Waals surface area contributed by atoms with Crippen molar-refractivity contribution < 1.29 is 9.53 Å². The van der Waals surface area contributed by atoms with Crippen LogP contribution in [0.15, 0.2) is 42.7 Å². The topological polar surface area (TPSA) is 67.3 Å². The maximum atomic E-state index is 12.4. The Bertz CT molecular complexity index is 683. The summed E-state index contributed by atoms with van der Waals surface area (Å²) >= 11 is 0. The molecular weight excluding hydrogens is 328 g/mol. The fourth-order valence-corrected chi connectivity index (χ4v) is 3.31. The minimum Gasteiger partial charge on any atom is -0.497 e. The molecule has 0 unspecified atom stereocenters. The van der Waals surface area contributed by atoms with Crippen molar-refractivity contribution in [2.45, 2.75) is 25.7 Å². The molecule has 3 rings (SSSR count). The highest BCUT2D eigenvalue weighted by molar-refractivity contribution is 5.76. The maximum absolute atomic E-state index is 12.4. The number of benzene rings is 1. The number of likely N-dealkylation sites (tertiary alicyclic amines) is 1. The van der Waals surface area contributed by atoms with E-state index in [9.17, 15) is 4.79 Å². The number of nitrogens with one attached hydrogen (secondary N) is 1. The molecule has 138 valence electrons. The number of rotatable bonds is 7. The van der Waals surface area contributed by atoms with E-state index in [2.05, 4.69) is 27.4 Å². The zero-order chi connectivity index (χ0) is 18.2. The molecule has 1 aromatic carbocycles. The molecule has 0 radical (unpaired) electrons. The van der Waals surface area contributed by atoms with Crippen LogP contribution in [0.1, 0.15) is 24.8 Å². The molecule has 1 amide bonds. The minimum atomic E-state index is 0.205. The Morgan fingerprint density at radius 1 is 1.19 bits per heavy atom. The first-order valence-corrected chi connectivity index (χ1v) is 9.16. The van der Waals surface area contributed by atoms with Crippen LogP contribution in [-0.2, 0) is 11.2 Å². The predicted molar refractivity (Wildman–Crippen MR) is 101 cm³/mol. The standard InChI is InChI=1S/C20H26N4O2/c1-26-18-5-3-16(4-6-18)15-17-8-13-24(14-9-17)19(25)7-12-23-20-21-10-2-11-22-20/h2-6,10-11,17H,7-9,12-15H2,1H3,(H,21,22,23). The van der Waals surface area contributed by atoms with Crippen molar-refractivity contribution in [3.8, 4) is 5.75 Å². The molecule has 6 heteroatoms. The van der Waals surface area contributed by atoms with E-state index in [0.29, 0.717) is 24.8 Å². The van der Waals surface area contributed by atoms with Gasteiger partial charge in [-0.3, -0.25) is 4.79 Å². The summed E-state index contributed by atoms with van der Waals surface area (Å²) < 4.78 is 5.20. The van der Waals surface area contributed by atoms with Crippen LogP contribution in [0.2, 0.25) is 0 Å². The number of hydrogen-bond acceptors (Lipinski definition) is 5. The van der Waals surface area contributed by atoms with Gasteiger partial charge in [0, 0.05) is 38.4 Å². The van der Waals surface area contributed by atoms with E-state index in [0.717, 1.165) is 38.1 Å². The smallest absolute Gasteiger partial charge is 0.224 e. The fraction of sp³-hybridized carbons (Fsp3) is 0.450. The van der Waals surface area contributed by atoms with Gasteiger partial charge in [0.25, 0.3) is 0 Å². The molecule has 0 atom stereocenters. The molecule has 0 saturated carbocycles. The Balaban J connectivity index is 1.37. The average molecular weight is 354 g/mol. The van der Waals surface area contributed by atoms with Gasteiger partial charge < -0.3 is 15.0 Å². The third-order valence-electron chi connectivity index (χ3n) is 4.84. The minimum absolute atomic E-state index is 0.205. The third kappa shape index (κ3) is 5.18. The van der Waals surface area contributed by atoms with Gasteiger partial charge in [-0.15, -0.1) is 0 Å². The van der Waals surface area contributed by atoms with Crippen molar-refractivity contribution >= 4 is 11.9 Å². The average Bonchev–Trinajstić information content (AvgIpc) is 2.70. The molecule has 1 aliphatic heterocycles. The largest absolute Gasteiger partial charge is 0.497 e. The number of carbonyl (C=O) groups is 1. The highest BCUT2D eigenvalue weighted by Gasteiger charge is 2.22. The van der Waals surface area contributed by atoms with Gasteiger partial charge in [-0.05, 0) is 48.9 Å². The molecule has 0 bridgehead atoms. The van der Waals surface area contributed by atoms with E-state index in [-0.39, 0.29) is 5.91 Å². The molecule has 0 aliphatic carbocycles. The van der Waals surface area contributed by atoms with Crippen LogP contribution in [0.5, 0.6) is 5.75 Å². The van der Waals surface area contributed by atoms with E-state index in [1.165, 1.54) is 5.56 Å². The number of methoxy groups -OCH3 is 1. The number of ether oxygens (including phenoxy) is 1. The molecular formula is C20H26N4O2. The Hall–Kier alpha value is -2.63. The van der Waals surface area contributed by atoms with Crippen molar-refractivity contribution in [1.82, 2.24) is 14.9 Å². The Morgan fingerprint density at radius 2 is 1.88 bits per heavy atom. The van der Waals surface area contributed by atoms with Crippen LogP contribution in [0, 0.1) is 5.92 Å². The maximum Gasteiger partial charge on any atom is 0.224 e. The monoisotopic (exact) mass is 354 g/mol. The van der Waals surface area contributed by atoms with Crippen LogP contribution >= 0.6 is 0 Å². The Kier molecular flexibility index (Phi) is 6.41. The van der Waals surface area contributed by atoms with Gasteiger partial charge in [-0.25, -0.2) is 9.97 Å². The molecule has 26 heavy (non-hydrogen) atoms. The summed E-state index contributed by atoms with van der Waals surface area (Å²) in [5.41, 5.74) is 1.34. The highest BCUT2D eigenvalue weighted by atomic mass is 16.5. The molecule has 2 aromatic rings. The van der Waals surface area contributed by atoms with E-state index in [1.54, 1.807) is 25.6 Å². The second kappa shape index (κ2) is 9.17. The van der Waals surface area contributed by atoms with E-state index in [1.807, 2.05) is 17.0 Å². The number of piperidine rings is 1. The second-order valence-electron chi connectivity index (χ2n) is 6.63. The quantitative estimate of drug-likeness (QED) is 0.828. The van der Waals surface area contributed by atoms with Crippen molar-refractivity contribution in [3.63, 3.8) is 0 Å². The number of nitrogens with zero attached hydrogens (tertiary/aromatic N) is 3. The lowest BCUT2D eigenvalue weighted by Gasteiger charge is -2.32. The summed E-state index contributed by atoms with van der Waals surface area (Å²) in [6.45, 7) is 2.26. The van der Waals surface area contributed by atoms with Gasteiger partial charge in [-0.2, -0.15) is 0 Å². The zero-order valence-corrected chi connectivity index (χ0v) is 15.2. The molecule has 2 heterocycles. The van der Waals surface area contributed by atoms with Gasteiger partial charge in [0.05, 0.1) is 7.11 Å². The third-order valence-corrected chi connectivity index (χ3v) is 4.84. The lowest BCUT2D eigenvalue weighted by Crippen LogP contribution is -2.39. The number of aromatic nitrogens is 2. The van der Waals surface area contributed by atoms with Gasteiger partial charge >= 0.3 is 0 Å². The van der Waals surface area contributed by atoms with Gasteiger partial charge in [0.1, 0.15) is 5.75 Å². The highest BCUT2D eigenvalue weighted by Crippen LogP contribution is 2.23. The van der Waals surface area contributed by atoms with Crippen molar-refractivity contribution in [1.29, 1.82) is 0 Å². The molecule has 0 spiro atoms. The summed E-state index contributed by atoms with van der Waals surface area (Å²) in [4.78, 5) is 22.5. The first-order valence-electron chi connectivity index (χ1n) is 9.16. The van der Waals surface area contributed by atoms with Crippen LogP contribution in [0.3, 0.4) is 0 Å². The second-order valence-corrected chi connectivity index (χ2v) is 6.63.